The molecule has 2 nitrogen and oxygen atoms in total. The summed E-state index contributed by atoms with van der Waals surface area (Å²) in [6, 6.07) is 0. The lowest BCUT2D eigenvalue weighted by Gasteiger charge is -2.42. The van der Waals surface area contributed by atoms with Crippen LogP contribution in [0.2, 0.25) is 0 Å². The van der Waals surface area contributed by atoms with Crippen LogP contribution in [-0.2, 0) is 9.53 Å². The van der Waals surface area contributed by atoms with Crippen LogP contribution in [0.5, 0.6) is 0 Å². The highest BCUT2D eigenvalue weighted by atomic mass is 16.5. The van der Waals surface area contributed by atoms with Gasteiger partial charge in [0.25, 0.3) is 0 Å². The molecule has 4 unspecified atom stereocenters. The maximum Gasteiger partial charge on any atom is 0.159 e. The molecule has 5 atom stereocenters. The summed E-state index contributed by atoms with van der Waals surface area (Å²) in [5.41, 5.74) is 3.51. The zero-order valence-corrected chi connectivity index (χ0v) is 13.2. The lowest BCUT2D eigenvalue weighted by Crippen LogP contribution is -2.34. The van der Waals surface area contributed by atoms with Crippen molar-refractivity contribution in [2.75, 3.05) is 7.11 Å². The van der Waals surface area contributed by atoms with Crippen molar-refractivity contribution in [3.05, 3.63) is 23.3 Å². The van der Waals surface area contributed by atoms with E-state index in [-0.39, 0.29) is 11.3 Å². The van der Waals surface area contributed by atoms with Crippen LogP contribution in [0.3, 0.4) is 0 Å². The van der Waals surface area contributed by atoms with E-state index in [1.807, 2.05) is 13.2 Å². The van der Waals surface area contributed by atoms with Crippen molar-refractivity contribution in [3.8, 4) is 0 Å². The van der Waals surface area contributed by atoms with Crippen molar-refractivity contribution in [1.29, 1.82) is 0 Å². The van der Waals surface area contributed by atoms with Gasteiger partial charge in [-0.2, -0.15) is 0 Å². The Balaban J connectivity index is 1.66. The van der Waals surface area contributed by atoms with E-state index in [1.54, 1.807) is 11.1 Å². The van der Waals surface area contributed by atoms with E-state index in [1.165, 1.54) is 44.9 Å². The Bertz CT molecular complexity index is 530. The van der Waals surface area contributed by atoms with Gasteiger partial charge in [-0.25, -0.2) is 0 Å². The molecule has 1 fully saturated rings. The summed E-state index contributed by atoms with van der Waals surface area (Å²) in [7, 11) is 1.86. The van der Waals surface area contributed by atoms with E-state index in [4.69, 9.17) is 4.74 Å². The van der Waals surface area contributed by atoms with E-state index < -0.39 is 0 Å². The molecule has 114 valence electrons. The third-order valence-electron chi connectivity index (χ3n) is 6.98. The number of methoxy groups -OCH3 is 1. The highest BCUT2D eigenvalue weighted by molar-refractivity contribution is 5.96. The van der Waals surface area contributed by atoms with E-state index >= 15 is 0 Å². The van der Waals surface area contributed by atoms with Crippen molar-refractivity contribution in [2.24, 2.45) is 23.2 Å². The number of rotatable bonds is 1. The molecule has 4 aliphatic carbocycles. The monoisotopic (exact) mass is 286 g/mol. The Labute approximate surface area is 127 Å². The third kappa shape index (κ3) is 1.84. The minimum absolute atomic E-state index is 0.107. The number of allylic oxidation sites excluding steroid dienone is 4. The van der Waals surface area contributed by atoms with E-state index in [9.17, 15) is 4.79 Å². The molecular weight excluding hydrogens is 260 g/mol. The van der Waals surface area contributed by atoms with Crippen LogP contribution < -0.4 is 0 Å². The van der Waals surface area contributed by atoms with E-state index in [2.05, 4.69) is 13.0 Å². The molecule has 0 N–H and O–H groups in total. The molecule has 0 aromatic heterocycles. The summed E-state index contributed by atoms with van der Waals surface area (Å²) < 4.78 is 5.60. The molecular formula is C19H26O2. The quantitative estimate of drug-likeness (QED) is 0.679. The Hall–Kier alpha value is -0.890. The first-order valence-corrected chi connectivity index (χ1v) is 8.64. The first-order chi connectivity index (χ1) is 10.2. The van der Waals surface area contributed by atoms with E-state index in [0.29, 0.717) is 11.9 Å². The summed E-state index contributed by atoms with van der Waals surface area (Å²) in [4.78, 5) is 12.0. The molecule has 0 amide bonds. The number of ether oxygens (including phenoxy) is 1. The second-order valence-corrected chi connectivity index (χ2v) is 7.58. The summed E-state index contributed by atoms with van der Waals surface area (Å²) in [5.74, 6) is 2.13. The molecule has 21 heavy (non-hydrogen) atoms. The number of carbonyl (C=O) groups is 1. The summed E-state index contributed by atoms with van der Waals surface area (Å²) in [5, 5.41) is 0. The fourth-order valence-electron chi connectivity index (χ4n) is 5.72. The van der Waals surface area contributed by atoms with Crippen LogP contribution in [0.15, 0.2) is 23.3 Å². The molecule has 0 heterocycles. The Morgan fingerprint density at radius 2 is 2.10 bits per heavy atom. The summed E-state index contributed by atoms with van der Waals surface area (Å²) in [6.07, 6.45) is 13.3. The van der Waals surface area contributed by atoms with Crippen molar-refractivity contribution < 1.29 is 9.53 Å². The molecule has 0 radical (unpaired) electrons. The Morgan fingerprint density at radius 3 is 2.81 bits per heavy atom. The first kappa shape index (κ1) is 13.8. The minimum Gasteiger partial charge on any atom is -0.381 e. The molecule has 0 saturated heterocycles. The molecule has 0 aromatic rings. The fourth-order valence-corrected chi connectivity index (χ4v) is 5.72. The van der Waals surface area contributed by atoms with Crippen LogP contribution in [0, 0.1) is 23.2 Å². The van der Waals surface area contributed by atoms with Gasteiger partial charge in [0.15, 0.2) is 5.78 Å². The average Bonchev–Trinajstić information content (AvgIpc) is 3.03. The molecule has 0 aromatic carbocycles. The molecule has 4 rings (SSSR count). The zero-order chi connectivity index (χ0) is 14.6. The molecule has 0 bridgehead atoms. The van der Waals surface area contributed by atoms with Gasteiger partial charge in [0.05, 0.1) is 6.10 Å². The standard InChI is InChI=1S/C19H26O2/c1-12-18(20)8-10-19(12)9-7-16-15-5-4-14(21-2)11-13(15)3-6-17(16)19/h8,10,12-15H,3-7,9,11H2,1-2H3/t12-,13?,14?,15?,19?/m0/s1. The van der Waals surface area contributed by atoms with Gasteiger partial charge < -0.3 is 4.74 Å². The van der Waals surface area contributed by atoms with Crippen LogP contribution in [-0.4, -0.2) is 19.0 Å². The maximum atomic E-state index is 12.0. The Kier molecular flexibility index (Phi) is 3.15. The number of ketones is 1. The molecule has 0 aliphatic heterocycles. The summed E-state index contributed by atoms with van der Waals surface area (Å²) >= 11 is 0. The second kappa shape index (κ2) is 4.81. The predicted molar refractivity (Wildman–Crippen MR) is 82.9 cm³/mol. The average molecular weight is 286 g/mol. The van der Waals surface area contributed by atoms with Crippen LogP contribution in [0.1, 0.15) is 51.9 Å². The maximum absolute atomic E-state index is 12.0. The second-order valence-electron chi connectivity index (χ2n) is 7.58. The van der Waals surface area contributed by atoms with Gasteiger partial charge in [0, 0.05) is 18.4 Å². The number of fused-ring (bicyclic) bond motifs is 3. The van der Waals surface area contributed by atoms with Gasteiger partial charge in [-0.15, -0.1) is 0 Å². The number of hydrogen-bond acceptors (Lipinski definition) is 2. The fraction of sp³-hybridized carbons (Fsp3) is 0.737. The van der Waals surface area contributed by atoms with Crippen LogP contribution in [0.25, 0.3) is 0 Å². The van der Waals surface area contributed by atoms with Crippen LogP contribution in [0.4, 0.5) is 0 Å². The highest BCUT2D eigenvalue weighted by Gasteiger charge is 2.51. The molecule has 2 heteroatoms. The minimum atomic E-state index is 0.107. The van der Waals surface area contributed by atoms with Crippen molar-refractivity contribution in [3.63, 3.8) is 0 Å². The van der Waals surface area contributed by atoms with Gasteiger partial charge in [0.2, 0.25) is 0 Å². The van der Waals surface area contributed by atoms with Gasteiger partial charge in [-0.3, -0.25) is 4.79 Å². The topological polar surface area (TPSA) is 26.3 Å². The number of hydrogen-bond donors (Lipinski definition) is 0. The Morgan fingerprint density at radius 1 is 1.24 bits per heavy atom. The predicted octanol–water partition coefficient (Wildman–Crippen LogP) is 4.06. The third-order valence-corrected chi connectivity index (χ3v) is 6.98. The van der Waals surface area contributed by atoms with Gasteiger partial charge >= 0.3 is 0 Å². The SMILES string of the molecule is COC1CCC2C3=C(CCC2C1)C1(C=CC(=O)[C@@H]1C)CC3. The normalized spacial score (nSPS) is 45.3. The number of carbonyl (C=O) groups excluding carboxylic acids is 1. The lowest BCUT2D eigenvalue weighted by atomic mass is 9.64. The molecule has 1 saturated carbocycles. The van der Waals surface area contributed by atoms with Gasteiger partial charge in [0.1, 0.15) is 0 Å². The molecule has 1 spiro atoms. The van der Waals surface area contributed by atoms with Crippen molar-refractivity contribution in [1.82, 2.24) is 0 Å². The van der Waals surface area contributed by atoms with Crippen LogP contribution >= 0.6 is 0 Å². The van der Waals surface area contributed by atoms with Crippen molar-refractivity contribution >= 4 is 5.78 Å². The zero-order valence-electron chi connectivity index (χ0n) is 13.2. The lowest BCUT2D eigenvalue weighted by molar-refractivity contribution is -0.118. The van der Waals surface area contributed by atoms with Crippen molar-refractivity contribution in [2.45, 2.75) is 58.0 Å². The first-order valence-electron chi connectivity index (χ1n) is 8.64. The van der Waals surface area contributed by atoms with Gasteiger partial charge in [-0.05, 0) is 62.9 Å². The molecule has 4 aliphatic rings. The smallest absolute Gasteiger partial charge is 0.159 e. The summed E-state index contributed by atoms with van der Waals surface area (Å²) in [6.45, 7) is 2.15. The van der Waals surface area contributed by atoms with Gasteiger partial charge in [-0.1, -0.05) is 24.1 Å². The van der Waals surface area contributed by atoms with E-state index in [0.717, 1.165) is 11.8 Å². The highest BCUT2D eigenvalue weighted by Crippen LogP contribution is 2.60. The largest absolute Gasteiger partial charge is 0.381 e.